The molecule has 1 aromatic rings. The number of nitro groups is 1. The van der Waals surface area contributed by atoms with E-state index in [2.05, 4.69) is 0 Å². The van der Waals surface area contributed by atoms with Crippen molar-refractivity contribution in [3.63, 3.8) is 0 Å². The molecule has 0 aromatic heterocycles. The fraction of sp³-hybridized carbons (Fsp3) is 0.476. The lowest BCUT2D eigenvalue weighted by Gasteiger charge is -2.17. The van der Waals surface area contributed by atoms with Gasteiger partial charge in [0.05, 0.1) is 23.1 Å². The molecule has 1 saturated carbocycles. The van der Waals surface area contributed by atoms with E-state index in [-0.39, 0.29) is 17.4 Å². The molecule has 8 nitrogen and oxygen atoms in total. The summed E-state index contributed by atoms with van der Waals surface area (Å²) in [4.78, 5) is 49.1. The van der Waals surface area contributed by atoms with Crippen LogP contribution in [-0.2, 0) is 25.5 Å². The topological polar surface area (TPSA) is 107 Å². The number of carbonyl (C=O) groups excluding carboxylic acids is 3. The van der Waals surface area contributed by atoms with Gasteiger partial charge in [0.2, 0.25) is 0 Å². The lowest BCUT2D eigenvalue weighted by atomic mass is 9.93. The second-order valence-electron chi connectivity index (χ2n) is 7.87. The van der Waals surface area contributed by atoms with Gasteiger partial charge in [0.15, 0.2) is 5.82 Å². The Labute approximate surface area is 171 Å². The summed E-state index contributed by atoms with van der Waals surface area (Å²) in [6.07, 6.45) is 5.19. The van der Waals surface area contributed by atoms with Gasteiger partial charge in [0.25, 0.3) is 17.5 Å². The zero-order valence-electron chi connectivity index (χ0n) is 16.3. The number of hydrogen-bond acceptors (Lipinski definition) is 6. The van der Waals surface area contributed by atoms with Crippen molar-refractivity contribution in [3.8, 4) is 0 Å². The molecule has 2 aliphatic carbocycles. The summed E-state index contributed by atoms with van der Waals surface area (Å²) in [5.41, 5.74) is -0.285. The standard InChI is InChI=1S/C21H21FN2O6/c22-16-11-17(24(28)29)12(10-19(25)30-13-5-1-2-6-13)9-18(16)23-20(26)14-7-3-4-8-15(14)21(23)27/h9,11,13H,1-8,10H2. The summed E-state index contributed by atoms with van der Waals surface area (Å²) >= 11 is 0. The van der Waals surface area contributed by atoms with Crippen molar-refractivity contribution in [3.05, 3.63) is 44.8 Å². The molecule has 158 valence electrons. The van der Waals surface area contributed by atoms with Crippen LogP contribution in [0.25, 0.3) is 0 Å². The van der Waals surface area contributed by atoms with Crippen LogP contribution in [-0.4, -0.2) is 28.8 Å². The lowest BCUT2D eigenvalue weighted by Crippen LogP contribution is -2.32. The highest BCUT2D eigenvalue weighted by Gasteiger charge is 2.41. The van der Waals surface area contributed by atoms with E-state index in [0.29, 0.717) is 30.1 Å². The van der Waals surface area contributed by atoms with Crippen molar-refractivity contribution in [1.29, 1.82) is 0 Å². The third-order valence-corrected chi connectivity index (χ3v) is 5.91. The number of anilines is 1. The number of hydrogen-bond donors (Lipinski definition) is 0. The van der Waals surface area contributed by atoms with Crippen LogP contribution in [0.3, 0.4) is 0 Å². The zero-order valence-corrected chi connectivity index (χ0v) is 16.3. The van der Waals surface area contributed by atoms with Crippen molar-refractivity contribution in [2.75, 3.05) is 4.90 Å². The summed E-state index contributed by atoms with van der Waals surface area (Å²) < 4.78 is 20.1. The summed E-state index contributed by atoms with van der Waals surface area (Å²) in [5, 5.41) is 11.4. The molecule has 0 spiro atoms. The maximum Gasteiger partial charge on any atom is 0.310 e. The van der Waals surface area contributed by atoms with Crippen LogP contribution < -0.4 is 4.90 Å². The Morgan fingerprint density at radius 2 is 1.70 bits per heavy atom. The molecule has 3 aliphatic rings. The van der Waals surface area contributed by atoms with Gasteiger partial charge in [-0.2, -0.15) is 0 Å². The third kappa shape index (κ3) is 3.59. The second kappa shape index (κ2) is 7.97. The zero-order chi connectivity index (χ0) is 21.4. The van der Waals surface area contributed by atoms with Gasteiger partial charge in [-0.15, -0.1) is 0 Å². The predicted molar refractivity (Wildman–Crippen MR) is 103 cm³/mol. The summed E-state index contributed by atoms with van der Waals surface area (Å²) in [7, 11) is 0. The molecule has 30 heavy (non-hydrogen) atoms. The number of benzene rings is 1. The first-order valence-corrected chi connectivity index (χ1v) is 10.1. The molecule has 0 radical (unpaired) electrons. The van der Waals surface area contributed by atoms with Crippen molar-refractivity contribution in [2.45, 2.75) is 63.9 Å². The van der Waals surface area contributed by atoms with E-state index in [1.807, 2.05) is 0 Å². The highest BCUT2D eigenvalue weighted by Crippen LogP contribution is 2.38. The van der Waals surface area contributed by atoms with Crippen molar-refractivity contribution in [1.82, 2.24) is 0 Å². The Bertz CT molecular complexity index is 952. The highest BCUT2D eigenvalue weighted by atomic mass is 19.1. The minimum absolute atomic E-state index is 0.0927. The molecule has 1 aromatic carbocycles. The molecule has 0 bridgehead atoms. The van der Waals surface area contributed by atoms with Crippen molar-refractivity contribution >= 4 is 29.2 Å². The summed E-state index contributed by atoms with van der Waals surface area (Å²) in [6, 6.07) is 1.71. The van der Waals surface area contributed by atoms with Crippen molar-refractivity contribution < 1.29 is 28.4 Å². The number of ether oxygens (including phenoxy) is 1. The Balaban J connectivity index is 1.65. The van der Waals surface area contributed by atoms with Crippen LogP contribution in [0.1, 0.15) is 56.9 Å². The smallest absolute Gasteiger partial charge is 0.310 e. The molecular weight excluding hydrogens is 395 g/mol. The minimum Gasteiger partial charge on any atom is -0.462 e. The fourth-order valence-corrected chi connectivity index (χ4v) is 4.43. The molecule has 9 heteroatoms. The van der Waals surface area contributed by atoms with Crippen LogP contribution in [0, 0.1) is 15.9 Å². The average molecular weight is 416 g/mol. The first kappa shape index (κ1) is 20.2. The number of imide groups is 1. The van der Waals surface area contributed by atoms with E-state index in [0.717, 1.165) is 49.5 Å². The van der Waals surface area contributed by atoms with Crippen LogP contribution in [0.5, 0.6) is 0 Å². The van der Waals surface area contributed by atoms with Gasteiger partial charge in [-0.3, -0.25) is 24.5 Å². The van der Waals surface area contributed by atoms with Crippen LogP contribution in [0.2, 0.25) is 0 Å². The van der Waals surface area contributed by atoms with Gasteiger partial charge in [-0.1, -0.05) is 0 Å². The van der Waals surface area contributed by atoms with Crippen LogP contribution in [0.15, 0.2) is 23.3 Å². The molecule has 0 unspecified atom stereocenters. The van der Waals surface area contributed by atoms with E-state index >= 15 is 0 Å². The number of carbonyl (C=O) groups is 3. The number of esters is 1. The van der Waals surface area contributed by atoms with Crippen LogP contribution in [0.4, 0.5) is 15.8 Å². The quantitative estimate of drug-likeness (QED) is 0.315. The number of nitrogens with zero attached hydrogens (tertiary/aromatic N) is 2. The maximum atomic E-state index is 14.7. The van der Waals surface area contributed by atoms with Crippen LogP contribution >= 0.6 is 0 Å². The molecule has 0 N–H and O–H groups in total. The molecule has 1 fully saturated rings. The SMILES string of the molecule is O=C(Cc1cc(N2C(=O)C3=C(CCCC3)C2=O)c(F)cc1[N+](=O)[O-])OC1CCCC1. The number of nitro benzene ring substituents is 1. The van der Waals surface area contributed by atoms with E-state index < -0.39 is 40.6 Å². The first-order valence-electron chi connectivity index (χ1n) is 10.1. The molecule has 4 rings (SSSR count). The number of halogens is 1. The van der Waals surface area contributed by atoms with Gasteiger partial charge in [0, 0.05) is 16.7 Å². The Hall–Kier alpha value is -3.10. The second-order valence-corrected chi connectivity index (χ2v) is 7.87. The van der Waals surface area contributed by atoms with Gasteiger partial charge in [-0.25, -0.2) is 9.29 Å². The summed E-state index contributed by atoms with van der Waals surface area (Å²) in [6.45, 7) is 0. The Kier molecular flexibility index (Phi) is 5.36. The predicted octanol–water partition coefficient (Wildman–Crippen LogP) is 3.51. The van der Waals surface area contributed by atoms with E-state index in [1.165, 1.54) is 0 Å². The van der Waals surface area contributed by atoms with E-state index in [9.17, 15) is 28.9 Å². The lowest BCUT2D eigenvalue weighted by molar-refractivity contribution is -0.385. The highest BCUT2D eigenvalue weighted by molar-refractivity contribution is 6.33. The molecular formula is C21H21FN2O6. The van der Waals surface area contributed by atoms with Gasteiger partial charge >= 0.3 is 5.97 Å². The largest absolute Gasteiger partial charge is 0.462 e. The third-order valence-electron chi connectivity index (χ3n) is 5.91. The molecule has 0 saturated heterocycles. The number of amides is 2. The minimum atomic E-state index is -1.06. The van der Waals surface area contributed by atoms with Gasteiger partial charge in [-0.05, 0) is 57.4 Å². The Morgan fingerprint density at radius 1 is 1.10 bits per heavy atom. The first-order chi connectivity index (χ1) is 14.4. The average Bonchev–Trinajstić information content (AvgIpc) is 3.30. The van der Waals surface area contributed by atoms with Gasteiger partial charge < -0.3 is 4.74 Å². The molecule has 1 aliphatic heterocycles. The van der Waals surface area contributed by atoms with E-state index in [4.69, 9.17) is 4.74 Å². The maximum absolute atomic E-state index is 14.7. The fourth-order valence-electron chi connectivity index (χ4n) is 4.43. The Morgan fingerprint density at radius 3 is 2.27 bits per heavy atom. The van der Waals surface area contributed by atoms with Gasteiger partial charge in [0.1, 0.15) is 6.10 Å². The monoisotopic (exact) mass is 416 g/mol. The summed E-state index contributed by atoms with van der Waals surface area (Å²) in [5.74, 6) is -2.90. The number of rotatable bonds is 5. The molecule has 2 amide bonds. The van der Waals surface area contributed by atoms with E-state index in [1.54, 1.807) is 0 Å². The normalized spacial score (nSPS) is 19.4. The van der Waals surface area contributed by atoms with Crippen molar-refractivity contribution in [2.24, 2.45) is 0 Å². The molecule has 1 heterocycles. The molecule has 0 atom stereocenters.